The summed E-state index contributed by atoms with van der Waals surface area (Å²) < 4.78 is 34.4. The van der Waals surface area contributed by atoms with Crippen LogP contribution >= 0.6 is 0 Å². The molecule has 0 amide bonds. The van der Waals surface area contributed by atoms with Gasteiger partial charge in [-0.2, -0.15) is 8.42 Å². The molecule has 1 N–H and O–H groups in total. The topological polar surface area (TPSA) is 54.4 Å². The van der Waals surface area contributed by atoms with Crippen molar-refractivity contribution < 1.29 is 13.0 Å². The second-order valence-corrected chi connectivity index (χ2v) is 9.87. The molecule has 1 aromatic carbocycles. The summed E-state index contributed by atoms with van der Waals surface area (Å²) in [5.41, 5.74) is 4.43. The highest BCUT2D eigenvalue weighted by Crippen LogP contribution is 2.44. The molecule has 0 bridgehead atoms. The van der Waals surface area contributed by atoms with Crippen LogP contribution in [0.3, 0.4) is 0 Å². The van der Waals surface area contributed by atoms with Gasteiger partial charge >= 0.3 is 0 Å². The minimum Gasteiger partial charge on any atom is -0.282 e. The maximum absolute atomic E-state index is 12.2. The highest BCUT2D eigenvalue weighted by molar-refractivity contribution is 7.85. The summed E-state index contributed by atoms with van der Waals surface area (Å²) in [7, 11) is -4.24. The number of hydrogen-bond acceptors (Lipinski definition) is 2. The quantitative estimate of drug-likeness (QED) is 0.618. The first kappa shape index (κ1) is 20.4. The van der Waals surface area contributed by atoms with Crippen LogP contribution < -0.4 is 0 Å². The molecule has 0 saturated heterocycles. The summed E-state index contributed by atoms with van der Waals surface area (Å²) in [4.78, 5) is 0.135. The van der Waals surface area contributed by atoms with Gasteiger partial charge in [-0.25, -0.2) is 0 Å². The van der Waals surface area contributed by atoms with Crippen molar-refractivity contribution in [3.63, 3.8) is 0 Å². The minimum absolute atomic E-state index is 0.0484. The molecular weight excluding hydrogens is 332 g/mol. The fourth-order valence-electron chi connectivity index (χ4n) is 4.56. The van der Waals surface area contributed by atoms with Crippen LogP contribution in [0, 0.1) is 0 Å². The zero-order valence-electron chi connectivity index (χ0n) is 16.6. The first-order chi connectivity index (χ1) is 11.6. The number of hydrogen-bond donors (Lipinski definition) is 1. The molecule has 0 unspecified atom stereocenters. The molecule has 0 aromatic heterocycles. The van der Waals surface area contributed by atoms with Gasteiger partial charge in [-0.1, -0.05) is 60.8 Å². The van der Waals surface area contributed by atoms with E-state index < -0.39 is 10.1 Å². The van der Waals surface area contributed by atoms with Crippen LogP contribution in [-0.4, -0.2) is 13.0 Å². The molecule has 0 aliphatic heterocycles. The van der Waals surface area contributed by atoms with Crippen molar-refractivity contribution >= 4 is 10.1 Å². The van der Waals surface area contributed by atoms with E-state index in [1.165, 1.54) is 24.8 Å². The van der Waals surface area contributed by atoms with Crippen LogP contribution in [0.15, 0.2) is 11.0 Å². The van der Waals surface area contributed by atoms with Crippen molar-refractivity contribution in [3.05, 3.63) is 28.3 Å². The molecule has 1 saturated carbocycles. The molecule has 1 fully saturated rings. The van der Waals surface area contributed by atoms with Gasteiger partial charge in [-0.3, -0.25) is 4.55 Å². The van der Waals surface area contributed by atoms with E-state index in [1.54, 1.807) is 0 Å². The lowest BCUT2D eigenvalue weighted by atomic mass is 9.74. The first-order valence-electron chi connectivity index (χ1n) is 9.73. The van der Waals surface area contributed by atoms with E-state index in [1.807, 2.05) is 19.9 Å². The van der Waals surface area contributed by atoms with Crippen LogP contribution in [0.25, 0.3) is 0 Å². The Hall–Kier alpha value is -0.870. The van der Waals surface area contributed by atoms with Crippen LogP contribution in [-0.2, 0) is 10.1 Å². The van der Waals surface area contributed by atoms with Crippen LogP contribution in [0.4, 0.5) is 0 Å². The Kier molecular flexibility index (Phi) is 6.37. The van der Waals surface area contributed by atoms with E-state index in [-0.39, 0.29) is 16.7 Å². The number of benzene rings is 1. The van der Waals surface area contributed by atoms with E-state index >= 15 is 0 Å². The lowest BCUT2D eigenvalue weighted by Crippen LogP contribution is -2.17. The van der Waals surface area contributed by atoms with Crippen molar-refractivity contribution in [2.45, 2.75) is 102 Å². The van der Waals surface area contributed by atoms with Crippen LogP contribution in [0.5, 0.6) is 0 Å². The van der Waals surface area contributed by atoms with Crippen LogP contribution in [0.1, 0.15) is 120 Å². The van der Waals surface area contributed by atoms with Crippen molar-refractivity contribution in [2.75, 3.05) is 0 Å². The Morgan fingerprint density at radius 2 is 1.32 bits per heavy atom. The van der Waals surface area contributed by atoms with Gasteiger partial charge in [0.05, 0.1) is 4.90 Å². The smallest absolute Gasteiger partial charge is 0.282 e. The van der Waals surface area contributed by atoms with Gasteiger partial charge in [0.2, 0.25) is 0 Å². The summed E-state index contributed by atoms with van der Waals surface area (Å²) in [5, 5.41) is 0. The van der Waals surface area contributed by atoms with Crippen molar-refractivity contribution in [1.29, 1.82) is 0 Å². The van der Waals surface area contributed by atoms with Gasteiger partial charge in [0.1, 0.15) is 0 Å². The summed E-state index contributed by atoms with van der Waals surface area (Å²) in [6, 6.07) is 1.81. The highest BCUT2D eigenvalue weighted by atomic mass is 32.2. The predicted octanol–water partition coefficient (Wildman–Crippen LogP) is 6.35. The van der Waals surface area contributed by atoms with Gasteiger partial charge in [0, 0.05) is 0 Å². The maximum Gasteiger partial charge on any atom is 0.294 e. The predicted molar refractivity (Wildman–Crippen MR) is 104 cm³/mol. The monoisotopic (exact) mass is 366 g/mol. The molecule has 25 heavy (non-hydrogen) atoms. The van der Waals surface area contributed by atoms with E-state index in [9.17, 15) is 13.0 Å². The Balaban J connectivity index is 2.89. The molecular formula is C21H34O3S. The Morgan fingerprint density at radius 1 is 0.840 bits per heavy atom. The number of rotatable bonds is 5. The molecule has 0 heterocycles. The molecule has 4 heteroatoms. The van der Waals surface area contributed by atoms with Crippen molar-refractivity contribution in [2.24, 2.45) is 0 Å². The maximum atomic E-state index is 12.2. The van der Waals surface area contributed by atoms with Gasteiger partial charge < -0.3 is 0 Å². The Bertz CT molecular complexity index is 709. The van der Waals surface area contributed by atoms with E-state index in [2.05, 4.69) is 27.7 Å². The third-order valence-electron chi connectivity index (χ3n) is 5.50. The summed E-state index contributed by atoms with van der Waals surface area (Å²) in [6.07, 6.45) is 5.89. The van der Waals surface area contributed by atoms with E-state index in [0.29, 0.717) is 11.8 Å². The van der Waals surface area contributed by atoms with Gasteiger partial charge in [-0.05, 0) is 64.8 Å². The van der Waals surface area contributed by atoms with E-state index in [4.69, 9.17) is 0 Å². The molecule has 1 aliphatic carbocycles. The molecule has 1 aliphatic rings. The van der Waals surface area contributed by atoms with Gasteiger partial charge in [0.25, 0.3) is 10.1 Å². The molecule has 0 radical (unpaired) electrons. The van der Waals surface area contributed by atoms with Crippen molar-refractivity contribution in [1.82, 2.24) is 0 Å². The molecule has 2 rings (SSSR count). The molecule has 142 valence electrons. The third kappa shape index (κ3) is 4.28. The Labute approximate surface area is 154 Å². The minimum atomic E-state index is -4.24. The zero-order valence-corrected chi connectivity index (χ0v) is 17.4. The lowest BCUT2D eigenvalue weighted by molar-refractivity contribution is 0.438. The van der Waals surface area contributed by atoms with E-state index in [0.717, 1.165) is 29.5 Å². The molecule has 3 nitrogen and oxygen atoms in total. The summed E-state index contributed by atoms with van der Waals surface area (Å²) in [6.45, 7) is 12.7. The second-order valence-electron chi connectivity index (χ2n) is 8.48. The van der Waals surface area contributed by atoms with Gasteiger partial charge in [0.15, 0.2) is 0 Å². The summed E-state index contributed by atoms with van der Waals surface area (Å²) >= 11 is 0. The Morgan fingerprint density at radius 3 is 1.72 bits per heavy atom. The largest absolute Gasteiger partial charge is 0.294 e. The third-order valence-corrected chi connectivity index (χ3v) is 6.39. The van der Waals surface area contributed by atoms with Crippen molar-refractivity contribution in [3.8, 4) is 0 Å². The average molecular weight is 367 g/mol. The normalized spacial score (nSPS) is 17.0. The van der Waals surface area contributed by atoms with Crippen LogP contribution in [0.2, 0.25) is 0 Å². The SMILES string of the molecule is CC(C)c1c(C2CCCCC2)cc(S(=O)(=O)O)c(C(C)C)c1C(C)C. The summed E-state index contributed by atoms with van der Waals surface area (Å²) in [5.74, 6) is 1.01. The highest BCUT2D eigenvalue weighted by Gasteiger charge is 2.30. The molecule has 1 aromatic rings. The zero-order chi connectivity index (χ0) is 18.9. The second kappa shape index (κ2) is 7.79. The molecule has 0 spiro atoms. The first-order valence-corrected chi connectivity index (χ1v) is 11.2. The fraction of sp³-hybridized carbons (Fsp3) is 0.714. The molecule has 0 atom stereocenters. The average Bonchev–Trinajstić information content (AvgIpc) is 2.52. The fourth-order valence-corrected chi connectivity index (χ4v) is 5.46. The lowest BCUT2D eigenvalue weighted by Gasteiger charge is -2.32. The standard InChI is InChI=1S/C21H34O3S/c1-13(2)19-17(16-10-8-7-9-11-16)12-18(25(22,23)24)20(14(3)4)21(19)15(5)6/h12-16H,7-11H2,1-6H3,(H,22,23,24). The van der Waals surface area contributed by atoms with Gasteiger partial charge in [-0.15, -0.1) is 0 Å².